The molecule has 0 amide bonds. The largest absolute Gasteiger partial charge is 0.326 e. The summed E-state index contributed by atoms with van der Waals surface area (Å²) in [4.78, 5) is 7.89. The van der Waals surface area contributed by atoms with Crippen LogP contribution in [0.4, 0.5) is 0 Å². The number of benzene rings is 3. The van der Waals surface area contributed by atoms with E-state index in [1.165, 1.54) is 46.4 Å². The fourth-order valence-electron chi connectivity index (χ4n) is 4.82. The molecule has 1 aromatic heterocycles. The molecule has 35 heavy (non-hydrogen) atoms. The second kappa shape index (κ2) is 12.0. The Balaban J connectivity index is 1.79. The first kappa shape index (κ1) is 24.9. The molecule has 4 aromatic rings. The molecule has 0 aliphatic rings. The molecule has 3 nitrogen and oxygen atoms in total. The zero-order chi connectivity index (χ0) is 24.6. The molecule has 0 saturated carbocycles. The van der Waals surface area contributed by atoms with Crippen molar-refractivity contribution in [1.29, 1.82) is 0 Å². The van der Waals surface area contributed by atoms with Crippen molar-refractivity contribution >= 4 is 0 Å². The SMILES string of the molecule is CCCCN(Cc1ccc(C)cc1C)Cc1c(-c2ccccc2)nc(-c2ccccc2)n1CCC. The molecule has 182 valence electrons. The van der Waals surface area contributed by atoms with Gasteiger partial charge in [0.2, 0.25) is 0 Å². The summed E-state index contributed by atoms with van der Waals surface area (Å²) < 4.78 is 2.47. The Kier molecular flexibility index (Phi) is 8.54. The van der Waals surface area contributed by atoms with Crippen LogP contribution in [-0.2, 0) is 19.6 Å². The highest BCUT2D eigenvalue weighted by Crippen LogP contribution is 2.31. The van der Waals surface area contributed by atoms with Crippen LogP contribution in [-0.4, -0.2) is 21.0 Å². The van der Waals surface area contributed by atoms with Gasteiger partial charge in [-0.05, 0) is 44.4 Å². The maximum Gasteiger partial charge on any atom is 0.140 e. The summed E-state index contributed by atoms with van der Waals surface area (Å²) in [6.07, 6.45) is 3.46. The zero-order valence-corrected chi connectivity index (χ0v) is 21.8. The first-order valence-electron chi connectivity index (χ1n) is 13.1. The highest BCUT2D eigenvalue weighted by Gasteiger charge is 2.21. The topological polar surface area (TPSA) is 21.1 Å². The summed E-state index contributed by atoms with van der Waals surface area (Å²) in [7, 11) is 0. The first-order chi connectivity index (χ1) is 17.1. The Bertz CT molecular complexity index is 1210. The van der Waals surface area contributed by atoms with Gasteiger partial charge in [-0.2, -0.15) is 0 Å². The Labute approximate surface area is 211 Å². The minimum Gasteiger partial charge on any atom is -0.326 e. The van der Waals surface area contributed by atoms with Gasteiger partial charge in [0.15, 0.2) is 0 Å². The van der Waals surface area contributed by atoms with Crippen molar-refractivity contribution in [2.24, 2.45) is 0 Å². The lowest BCUT2D eigenvalue weighted by Gasteiger charge is -2.25. The van der Waals surface area contributed by atoms with Gasteiger partial charge in [-0.1, -0.05) is 105 Å². The second-order valence-electron chi connectivity index (χ2n) is 9.61. The van der Waals surface area contributed by atoms with Gasteiger partial charge in [0.25, 0.3) is 0 Å². The summed E-state index contributed by atoms with van der Waals surface area (Å²) in [6.45, 7) is 12.8. The Morgan fingerprint density at radius 2 is 1.46 bits per heavy atom. The van der Waals surface area contributed by atoms with E-state index in [9.17, 15) is 0 Å². The van der Waals surface area contributed by atoms with Crippen LogP contribution < -0.4 is 0 Å². The lowest BCUT2D eigenvalue weighted by atomic mass is 10.0. The van der Waals surface area contributed by atoms with E-state index >= 15 is 0 Å². The van der Waals surface area contributed by atoms with Crippen LogP contribution in [0.1, 0.15) is 55.5 Å². The highest BCUT2D eigenvalue weighted by molar-refractivity contribution is 5.68. The Morgan fingerprint density at radius 1 is 0.771 bits per heavy atom. The van der Waals surface area contributed by atoms with Gasteiger partial charge in [0.1, 0.15) is 5.82 Å². The molecule has 0 radical (unpaired) electrons. The molecule has 3 heteroatoms. The number of nitrogens with zero attached hydrogens (tertiary/aromatic N) is 3. The zero-order valence-electron chi connectivity index (χ0n) is 21.8. The molecule has 0 N–H and O–H groups in total. The van der Waals surface area contributed by atoms with Crippen molar-refractivity contribution < 1.29 is 0 Å². The van der Waals surface area contributed by atoms with Crippen molar-refractivity contribution in [2.45, 2.75) is 66.6 Å². The quantitative estimate of drug-likeness (QED) is 0.223. The average molecular weight is 466 g/mol. The average Bonchev–Trinajstić information content (AvgIpc) is 3.23. The van der Waals surface area contributed by atoms with E-state index in [2.05, 4.69) is 116 Å². The van der Waals surface area contributed by atoms with E-state index in [1.807, 2.05) is 0 Å². The van der Waals surface area contributed by atoms with E-state index in [0.717, 1.165) is 44.1 Å². The second-order valence-corrected chi connectivity index (χ2v) is 9.61. The van der Waals surface area contributed by atoms with Gasteiger partial charge in [-0.15, -0.1) is 0 Å². The lowest BCUT2D eigenvalue weighted by molar-refractivity contribution is 0.246. The fraction of sp³-hybridized carbons (Fsp3) is 0.344. The number of hydrogen-bond donors (Lipinski definition) is 0. The molecule has 0 unspecified atom stereocenters. The predicted octanol–water partition coefficient (Wildman–Crippen LogP) is 8.05. The van der Waals surface area contributed by atoms with Crippen LogP contribution in [0.3, 0.4) is 0 Å². The van der Waals surface area contributed by atoms with Crippen LogP contribution in [0.15, 0.2) is 78.9 Å². The first-order valence-corrected chi connectivity index (χ1v) is 13.1. The van der Waals surface area contributed by atoms with Gasteiger partial charge >= 0.3 is 0 Å². The molecule has 0 aliphatic heterocycles. The number of aromatic nitrogens is 2. The maximum atomic E-state index is 5.28. The summed E-state index contributed by atoms with van der Waals surface area (Å²) >= 11 is 0. The third-order valence-electron chi connectivity index (χ3n) is 6.69. The normalized spacial score (nSPS) is 11.3. The van der Waals surface area contributed by atoms with Gasteiger partial charge in [0, 0.05) is 30.8 Å². The van der Waals surface area contributed by atoms with E-state index in [-0.39, 0.29) is 0 Å². The van der Waals surface area contributed by atoms with Gasteiger partial charge in [-0.3, -0.25) is 4.90 Å². The van der Waals surface area contributed by atoms with Crippen LogP contribution in [0.5, 0.6) is 0 Å². The van der Waals surface area contributed by atoms with Crippen LogP contribution in [0, 0.1) is 13.8 Å². The third-order valence-corrected chi connectivity index (χ3v) is 6.69. The highest BCUT2D eigenvalue weighted by atomic mass is 15.2. The minimum absolute atomic E-state index is 0.886. The van der Waals surface area contributed by atoms with Gasteiger partial charge < -0.3 is 4.57 Å². The minimum atomic E-state index is 0.886. The molecule has 0 saturated heterocycles. The van der Waals surface area contributed by atoms with E-state index in [0.29, 0.717) is 0 Å². The molecule has 0 bridgehead atoms. The summed E-state index contributed by atoms with van der Waals surface area (Å²) in [5.74, 6) is 1.07. The molecule has 3 aromatic carbocycles. The molecule has 0 aliphatic carbocycles. The summed E-state index contributed by atoms with van der Waals surface area (Å²) in [6, 6.07) is 28.2. The predicted molar refractivity (Wildman–Crippen MR) is 148 cm³/mol. The van der Waals surface area contributed by atoms with E-state index in [4.69, 9.17) is 4.98 Å². The molecule has 4 rings (SSSR count). The molecule has 1 heterocycles. The van der Waals surface area contributed by atoms with Gasteiger partial charge in [0.05, 0.1) is 11.4 Å². The molecule has 0 spiro atoms. The maximum absolute atomic E-state index is 5.28. The van der Waals surface area contributed by atoms with Crippen molar-refractivity contribution in [3.63, 3.8) is 0 Å². The van der Waals surface area contributed by atoms with Crippen LogP contribution >= 0.6 is 0 Å². The van der Waals surface area contributed by atoms with Crippen LogP contribution in [0.25, 0.3) is 22.6 Å². The third kappa shape index (κ3) is 6.10. The lowest BCUT2D eigenvalue weighted by Crippen LogP contribution is -2.26. The number of unbranched alkanes of at least 4 members (excludes halogenated alkanes) is 1. The number of imidazole rings is 1. The smallest absolute Gasteiger partial charge is 0.140 e. The molecule has 0 atom stereocenters. The van der Waals surface area contributed by atoms with Crippen molar-refractivity contribution in [2.75, 3.05) is 6.54 Å². The Morgan fingerprint density at radius 3 is 2.09 bits per heavy atom. The molecular formula is C32H39N3. The summed E-state index contributed by atoms with van der Waals surface area (Å²) in [5.41, 5.74) is 8.92. The standard InChI is InChI=1S/C32H39N3/c1-5-7-21-34(23-29-19-18-25(3)22-26(29)4)24-30-31(27-14-10-8-11-15-27)33-32(35(30)20-6-2)28-16-12-9-13-17-28/h8-19,22H,5-7,20-21,23-24H2,1-4H3. The van der Waals surface area contributed by atoms with E-state index in [1.54, 1.807) is 0 Å². The van der Waals surface area contributed by atoms with Crippen molar-refractivity contribution in [1.82, 2.24) is 14.5 Å². The van der Waals surface area contributed by atoms with Crippen molar-refractivity contribution in [3.8, 4) is 22.6 Å². The van der Waals surface area contributed by atoms with Crippen molar-refractivity contribution in [3.05, 3.63) is 101 Å². The van der Waals surface area contributed by atoms with Gasteiger partial charge in [-0.25, -0.2) is 4.98 Å². The molecular weight excluding hydrogens is 426 g/mol. The number of hydrogen-bond acceptors (Lipinski definition) is 2. The number of aryl methyl sites for hydroxylation is 2. The molecule has 0 fully saturated rings. The summed E-state index contributed by atoms with van der Waals surface area (Å²) in [5, 5.41) is 0. The van der Waals surface area contributed by atoms with E-state index < -0.39 is 0 Å². The monoisotopic (exact) mass is 465 g/mol. The number of rotatable bonds is 11. The Hall–Kier alpha value is -3.17. The fourth-order valence-corrected chi connectivity index (χ4v) is 4.82. The van der Waals surface area contributed by atoms with Crippen LogP contribution in [0.2, 0.25) is 0 Å².